The van der Waals surface area contributed by atoms with Crippen molar-refractivity contribution < 1.29 is 9.84 Å². The Kier molecular flexibility index (Phi) is 6.00. The molecule has 30 heavy (non-hydrogen) atoms. The topological polar surface area (TPSA) is 60.2 Å². The quantitative estimate of drug-likeness (QED) is 0.375. The van der Waals surface area contributed by atoms with Gasteiger partial charge < -0.3 is 9.84 Å². The van der Waals surface area contributed by atoms with Gasteiger partial charge in [-0.25, -0.2) is 9.67 Å². The highest BCUT2D eigenvalue weighted by molar-refractivity contribution is 6.30. The highest BCUT2D eigenvalue weighted by Crippen LogP contribution is 2.26. The van der Waals surface area contributed by atoms with Gasteiger partial charge in [0.25, 0.3) is 0 Å². The van der Waals surface area contributed by atoms with Crippen LogP contribution in [0.3, 0.4) is 0 Å². The lowest BCUT2D eigenvalue weighted by Crippen LogP contribution is -2.03. The van der Waals surface area contributed by atoms with Crippen LogP contribution in [0.15, 0.2) is 72.8 Å². The van der Waals surface area contributed by atoms with Crippen molar-refractivity contribution in [1.82, 2.24) is 14.8 Å². The number of halogens is 1. The van der Waals surface area contributed by atoms with Crippen molar-refractivity contribution in [2.45, 2.75) is 26.2 Å². The van der Waals surface area contributed by atoms with Gasteiger partial charge in [0.1, 0.15) is 23.1 Å². The summed E-state index contributed by atoms with van der Waals surface area (Å²) in [5.41, 5.74) is 1.79. The molecule has 0 saturated carbocycles. The Hall–Kier alpha value is -3.31. The zero-order chi connectivity index (χ0) is 20.9. The number of ether oxygens (including phenoxy) is 1. The van der Waals surface area contributed by atoms with Crippen molar-refractivity contribution in [2.24, 2.45) is 0 Å². The number of unbranched alkanes of at least 4 members (excludes halogenated alkanes) is 1. The Morgan fingerprint density at radius 2 is 1.53 bits per heavy atom. The molecule has 0 saturated heterocycles. The SMILES string of the molecule is CCCCc1nc(-c2ccc(O)cc2)nn1-c1ccc(Oc2ccc(Cl)cc2)cc1. The van der Waals surface area contributed by atoms with Crippen molar-refractivity contribution in [3.05, 3.63) is 83.6 Å². The van der Waals surface area contributed by atoms with Crippen LogP contribution < -0.4 is 4.74 Å². The number of hydrogen-bond acceptors (Lipinski definition) is 4. The van der Waals surface area contributed by atoms with Crippen LogP contribution >= 0.6 is 11.6 Å². The number of aromatic hydroxyl groups is 1. The lowest BCUT2D eigenvalue weighted by atomic mass is 10.2. The fourth-order valence-corrected chi connectivity index (χ4v) is 3.20. The molecule has 5 nitrogen and oxygen atoms in total. The molecule has 1 N–H and O–H groups in total. The van der Waals surface area contributed by atoms with Crippen molar-refractivity contribution in [3.8, 4) is 34.3 Å². The summed E-state index contributed by atoms with van der Waals surface area (Å²) in [5.74, 6) is 3.23. The van der Waals surface area contributed by atoms with Gasteiger partial charge in [-0.05, 0) is 79.2 Å². The van der Waals surface area contributed by atoms with Crippen LogP contribution in [0.4, 0.5) is 0 Å². The predicted octanol–water partition coefficient (Wildman–Crippen LogP) is 6.43. The number of benzene rings is 3. The zero-order valence-electron chi connectivity index (χ0n) is 16.6. The number of aromatic nitrogens is 3. The molecule has 0 fully saturated rings. The van der Waals surface area contributed by atoms with Crippen LogP contribution in [0.25, 0.3) is 17.1 Å². The summed E-state index contributed by atoms with van der Waals surface area (Å²) in [5, 5.41) is 14.9. The first kappa shape index (κ1) is 20.0. The molecule has 4 aromatic rings. The molecule has 0 bridgehead atoms. The van der Waals surface area contributed by atoms with Gasteiger partial charge in [-0.2, -0.15) is 0 Å². The maximum absolute atomic E-state index is 9.54. The largest absolute Gasteiger partial charge is 0.508 e. The molecule has 0 aliphatic carbocycles. The fraction of sp³-hybridized carbons (Fsp3) is 0.167. The Bertz CT molecular complexity index is 1100. The summed E-state index contributed by atoms with van der Waals surface area (Å²) in [6.07, 6.45) is 2.95. The average Bonchev–Trinajstić information content (AvgIpc) is 3.19. The van der Waals surface area contributed by atoms with Gasteiger partial charge in [0, 0.05) is 17.0 Å². The van der Waals surface area contributed by atoms with Gasteiger partial charge in [-0.15, -0.1) is 5.10 Å². The molecule has 152 valence electrons. The number of rotatable bonds is 7. The number of phenolic OH excluding ortho intramolecular Hbond substituents is 1. The Balaban J connectivity index is 1.61. The third-order valence-electron chi connectivity index (χ3n) is 4.68. The molecule has 0 radical (unpaired) electrons. The van der Waals surface area contributed by atoms with Crippen LogP contribution in [0.2, 0.25) is 5.02 Å². The second-order valence-electron chi connectivity index (χ2n) is 6.96. The van der Waals surface area contributed by atoms with Crippen molar-refractivity contribution >= 4 is 11.6 Å². The minimum absolute atomic E-state index is 0.223. The van der Waals surface area contributed by atoms with Crippen molar-refractivity contribution in [1.29, 1.82) is 0 Å². The molecule has 0 unspecified atom stereocenters. The summed E-state index contributed by atoms with van der Waals surface area (Å²) in [6.45, 7) is 2.16. The van der Waals surface area contributed by atoms with Crippen molar-refractivity contribution in [3.63, 3.8) is 0 Å². The maximum Gasteiger partial charge on any atom is 0.181 e. The number of hydrogen-bond donors (Lipinski definition) is 1. The Labute approximate surface area is 180 Å². The van der Waals surface area contributed by atoms with E-state index in [2.05, 4.69) is 6.92 Å². The van der Waals surface area contributed by atoms with Crippen LogP contribution in [-0.2, 0) is 6.42 Å². The molecule has 0 aliphatic rings. The monoisotopic (exact) mass is 419 g/mol. The van der Waals surface area contributed by atoms with E-state index in [1.165, 1.54) is 0 Å². The molecule has 0 aliphatic heterocycles. The van der Waals surface area contributed by atoms with Gasteiger partial charge in [-0.1, -0.05) is 24.9 Å². The molecule has 0 atom stereocenters. The van der Waals surface area contributed by atoms with E-state index in [9.17, 15) is 5.11 Å². The number of nitrogens with zero attached hydrogens (tertiary/aromatic N) is 3. The molecule has 0 amide bonds. The van der Waals surface area contributed by atoms with Gasteiger partial charge in [0.05, 0.1) is 5.69 Å². The highest BCUT2D eigenvalue weighted by atomic mass is 35.5. The normalized spacial score (nSPS) is 10.9. The van der Waals surface area contributed by atoms with Gasteiger partial charge in [0.15, 0.2) is 5.82 Å². The van der Waals surface area contributed by atoms with Crippen LogP contribution in [0.5, 0.6) is 17.2 Å². The molecule has 6 heteroatoms. The van der Waals surface area contributed by atoms with E-state index in [0.717, 1.165) is 47.8 Å². The van der Waals surface area contributed by atoms with Crippen LogP contribution in [-0.4, -0.2) is 19.9 Å². The highest BCUT2D eigenvalue weighted by Gasteiger charge is 2.13. The smallest absolute Gasteiger partial charge is 0.181 e. The molecular weight excluding hydrogens is 398 g/mol. The lowest BCUT2D eigenvalue weighted by Gasteiger charge is -2.08. The minimum atomic E-state index is 0.223. The summed E-state index contributed by atoms with van der Waals surface area (Å²) in [6, 6.07) is 22.0. The zero-order valence-corrected chi connectivity index (χ0v) is 17.4. The second kappa shape index (κ2) is 9.01. The predicted molar refractivity (Wildman–Crippen MR) is 119 cm³/mol. The van der Waals surface area contributed by atoms with E-state index in [0.29, 0.717) is 10.8 Å². The van der Waals surface area contributed by atoms with Gasteiger partial charge in [0.2, 0.25) is 0 Å². The Morgan fingerprint density at radius 1 is 0.900 bits per heavy atom. The second-order valence-corrected chi connectivity index (χ2v) is 7.40. The van der Waals surface area contributed by atoms with Crippen LogP contribution in [0.1, 0.15) is 25.6 Å². The average molecular weight is 420 g/mol. The van der Waals surface area contributed by atoms with Gasteiger partial charge in [-0.3, -0.25) is 0 Å². The van der Waals surface area contributed by atoms with Gasteiger partial charge >= 0.3 is 0 Å². The van der Waals surface area contributed by atoms with E-state index in [1.807, 2.05) is 53.2 Å². The third kappa shape index (κ3) is 4.63. The van der Waals surface area contributed by atoms with E-state index in [1.54, 1.807) is 24.3 Å². The fourth-order valence-electron chi connectivity index (χ4n) is 3.07. The first-order valence-corrected chi connectivity index (χ1v) is 10.3. The summed E-state index contributed by atoms with van der Waals surface area (Å²) < 4.78 is 7.76. The third-order valence-corrected chi connectivity index (χ3v) is 4.94. The number of aryl methyl sites for hydroxylation is 1. The number of phenols is 1. The standard InChI is InChI=1S/C24H22ClN3O2/c1-2-3-4-23-26-24(17-5-11-20(29)12-6-17)27-28(23)19-9-15-22(16-10-19)30-21-13-7-18(25)8-14-21/h5-16,29H,2-4H2,1H3. The van der Waals surface area contributed by atoms with E-state index < -0.39 is 0 Å². The maximum atomic E-state index is 9.54. The molecule has 3 aromatic carbocycles. The van der Waals surface area contributed by atoms with Crippen LogP contribution in [0, 0.1) is 0 Å². The molecule has 0 spiro atoms. The van der Waals surface area contributed by atoms with E-state index in [4.69, 9.17) is 26.4 Å². The lowest BCUT2D eigenvalue weighted by molar-refractivity contribution is 0.475. The summed E-state index contributed by atoms with van der Waals surface area (Å²) in [4.78, 5) is 4.75. The van der Waals surface area contributed by atoms with Crippen molar-refractivity contribution in [2.75, 3.05) is 0 Å². The van der Waals surface area contributed by atoms with E-state index in [-0.39, 0.29) is 5.75 Å². The molecule has 4 rings (SSSR count). The minimum Gasteiger partial charge on any atom is -0.508 e. The first-order valence-electron chi connectivity index (χ1n) is 9.91. The molecule has 1 aromatic heterocycles. The molecular formula is C24H22ClN3O2. The molecule has 1 heterocycles. The first-order chi connectivity index (χ1) is 14.6. The summed E-state index contributed by atoms with van der Waals surface area (Å²) in [7, 11) is 0. The summed E-state index contributed by atoms with van der Waals surface area (Å²) >= 11 is 5.92. The Morgan fingerprint density at radius 3 is 2.17 bits per heavy atom. The van der Waals surface area contributed by atoms with E-state index >= 15 is 0 Å².